The first kappa shape index (κ1) is 13.2. The van der Waals surface area contributed by atoms with Crippen LogP contribution in [0.1, 0.15) is 32.5 Å². The zero-order valence-corrected chi connectivity index (χ0v) is 10.9. The van der Waals surface area contributed by atoms with E-state index < -0.39 is 11.9 Å². The van der Waals surface area contributed by atoms with Gasteiger partial charge in [-0.05, 0) is 12.5 Å². The molecule has 7 heteroatoms. The lowest BCUT2D eigenvalue weighted by molar-refractivity contribution is 0.0692. The number of aromatic carboxylic acids is 1. The Balaban J connectivity index is 2.22. The first-order chi connectivity index (χ1) is 9.11. The second-order valence-corrected chi connectivity index (χ2v) is 4.78. The van der Waals surface area contributed by atoms with Crippen LogP contribution in [-0.2, 0) is 6.42 Å². The van der Waals surface area contributed by atoms with Crippen molar-refractivity contribution in [3.8, 4) is 0 Å². The van der Waals surface area contributed by atoms with Crippen molar-refractivity contribution >= 4 is 28.3 Å². The second kappa shape index (κ2) is 5.57. The summed E-state index contributed by atoms with van der Waals surface area (Å²) in [7, 11) is 0. The number of nitrogens with zero attached hydrogens (tertiary/aromatic N) is 2. The topological polar surface area (TPSA) is 92.2 Å². The van der Waals surface area contributed by atoms with Crippen LogP contribution in [0.4, 0.5) is 5.13 Å². The van der Waals surface area contributed by atoms with Crippen molar-refractivity contribution in [2.45, 2.75) is 13.3 Å². The van der Waals surface area contributed by atoms with E-state index in [2.05, 4.69) is 15.3 Å². The standard InChI is InChI=1S/C12H11N3O3S/c1-2-7-5-14-12(19-7)15-10(16)9-6-13-4-3-8(9)11(17)18/h3-6H,2H2,1H3,(H,17,18)(H,14,15,16). The Morgan fingerprint density at radius 1 is 1.37 bits per heavy atom. The van der Waals surface area contributed by atoms with Crippen LogP contribution >= 0.6 is 11.3 Å². The molecule has 2 N–H and O–H groups in total. The molecule has 0 aromatic carbocycles. The third kappa shape index (κ3) is 2.94. The van der Waals surface area contributed by atoms with Crippen LogP contribution in [0.15, 0.2) is 24.7 Å². The molecule has 0 bridgehead atoms. The highest BCUT2D eigenvalue weighted by Gasteiger charge is 2.17. The lowest BCUT2D eigenvalue weighted by Gasteiger charge is -2.04. The van der Waals surface area contributed by atoms with Gasteiger partial charge in [0.05, 0.1) is 11.1 Å². The van der Waals surface area contributed by atoms with Gasteiger partial charge in [-0.25, -0.2) is 9.78 Å². The van der Waals surface area contributed by atoms with Crippen molar-refractivity contribution < 1.29 is 14.7 Å². The van der Waals surface area contributed by atoms with E-state index in [0.717, 1.165) is 11.3 Å². The molecule has 2 aromatic heterocycles. The van der Waals surface area contributed by atoms with Crippen molar-refractivity contribution in [3.05, 3.63) is 40.7 Å². The highest BCUT2D eigenvalue weighted by Crippen LogP contribution is 2.19. The molecular formula is C12H11N3O3S. The van der Waals surface area contributed by atoms with Gasteiger partial charge in [-0.1, -0.05) is 6.92 Å². The van der Waals surface area contributed by atoms with Gasteiger partial charge < -0.3 is 5.11 Å². The molecule has 0 aliphatic heterocycles. The molecule has 0 fully saturated rings. The molecule has 0 unspecified atom stereocenters. The minimum atomic E-state index is -1.17. The Morgan fingerprint density at radius 2 is 2.16 bits per heavy atom. The number of aromatic nitrogens is 2. The summed E-state index contributed by atoms with van der Waals surface area (Å²) in [5.74, 6) is -1.69. The van der Waals surface area contributed by atoms with E-state index in [1.807, 2.05) is 6.92 Å². The maximum absolute atomic E-state index is 12.0. The van der Waals surface area contributed by atoms with Crippen molar-refractivity contribution in [1.29, 1.82) is 0 Å². The highest BCUT2D eigenvalue weighted by molar-refractivity contribution is 7.15. The number of carboxylic acid groups (broad SMARTS) is 1. The summed E-state index contributed by atoms with van der Waals surface area (Å²) < 4.78 is 0. The molecule has 6 nitrogen and oxygen atoms in total. The Kier molecular flexibility index (Phi) is 3.86. The fourth-order valence-electron chi connectivity index (χ4n) is 1.46. The number of amides is 1. The number of carbonyl (C=O) groups excluding carboxylic acids is 1. The third-order valence-electron chi connectivity index (χ3n) is 2.42. The van der Waals surface area contributed by atoms with E-state index in [1.54, 1.807) is 6.20 Å². The number of aryl methyl sites for hydroxylation is 1. The summed E-state index contributed by atoms with van der Waals surface area (Å²) in [5.41, 5.74) is -0.0666. The number of hydrogen-bond donors (Lipinski definition) is 2. The van der Waals surface area contributed by atoms with Crippen molar-refractivity contribution in [2.24, 2.45) is 0 Å². The molecule has 98 valence electrons. The predicted octanol–water partition coefficient (Wildman–Crippen LogP) is 2.05. The molecule has 1 amide bonds. The Labute approximate surface area is 113 Å². The van der Waals surface area contributed by atoms with E-state index in [-0.39, 0.29) is 11.1 Å². The molecule has 0 atom stereocenters. The number of pyridine rings is 1. The average molecular weight is 277 g/mol. The minimum absolute atomic E-state index is 0.0169. The normalized spacial score (nSPS) is 10.2. The Morgan fingerprint density at radius 3 is 2.79 bits per heavy atom. The molecule has 2 rings (SSSR count). The van der Waals surface area contributed by atoms with Gasteiger partial charge in [0.2, 0.25) is 0 Å². The second-order valence-electron chi connectivity index (χ2n) is 3.67. The maximum Gasteiger partial charge on any atom is 0.336 e. The summed E-state index contributed by atoms with van der Waals surface area (Å²) in [4.78, 5) is 31.9. The van der Waals surface area contributed by atoms with Crippen LogP contribution in [0.25, 0.3) is 0 Å². The monoisotopic (exact) mass is 277 g/mol. The number of nitrogens with one attached hydrogen (secondary N) is 1. The van der Waals surface area contributed by atoms with Crippen molar-refractivity contribution in [1.82, 2.24) is 9.97 Å². The zero-order chi connectivity index (χ0) is 13.8. The van der Waals surface area contributed by atoms with Gasteiger partial charge in [0.15, 0.2) is 5.13 Å². The first-order valence-corrected chi connectivity index (χ1v) is 6.36. The zero-order valence-electron chi connectivity index (χ0n) is 10.1. The number of carbonyl (C=O) groups is 2. The summed E-state index contributed by atoms with van der Waals surface area (Å²) in [6.45, 7) is 1.99. The summed E-state index contributed by atoms with van der Waals surface area (Å²) in [5, 5.41) is 12.0. The number of carboxylic acids is 1. The lowest BCUT2D eigenvalue weighted by atomic mass is 10.1. The summed E-state index contributed by atoms with van der Waals surface area (Å²) in [6, 6.07) is 1.29. The number of thiazole rings is 1. The summed E-state index contributed by atoms with van der Waals surface area (Å²) >= 11 is 1.36. The summed E-state index contributed by atoms with van der Waals surface area (Å²) in [6.07, 6.45) is 5.08. The predicted molar refractivity (Wildman–Crippen MR) is 70.6 cm³/mol. The SMILES string of the molecule is CCc1cnc(NC(=O)c2cnccc2C(=O)O)s1. The van der Waals surface area contributed by atoms with Gasteiger partial charge in [0, 0.05) is 23.5 Å². The van der Waals surface area contributed by atoms with Gasteiger partial charge in [-0.15, -0.1) is 11.3 Å². The molecule has 0 saturated heterocycles. The van der Waals surface area contributed by atoms with Crippen LogP contribution in [0.5, 0.6) is 0 Å². The Hall–Kier alpha value is -2.28. The van der Waals surface area contributed by atoms with E-state index in [0.29, 0.717) is 5.13 Å². The van der Waals surface area contributed by atoms with Gasteiger partial charge in [0.1, 0.15) is 0 Å². The van der Waals surface area contributed by atoms with Crippen LogP contribution in [0.2, 0.25) is 0 Å². The molecule has 0 saturated carbocycles. The van der Waals surface area contributed by atoms with Crippen molar-refractivity contribution in [2.75, 3.05) is 5.32 Å². The Bertz CT molecular complexity index is 624. The van der Waals surface area contributed by atoms with Gasteiger partial charge in [-0.2, -0.15) is 0 Å². The largest absolute Gasteiger partial charge is 0.478 e. The molecule has 2 heterocycles. The number of rotatable bonds is 4. The van der Waals surface area contributed by atoms with Crippen molar-refractivity contribution in [3.63, 3.8) is 0 Å². The van der Waals surface area contributed by atoms with Gasteiger partial charge >= 0.3 is 5.97 Å². The van der Waals surface area contributed by atoms with Gasteiger partial charge in [-0.3, -0.25) is 15.1 Å². The fourth-order valence-corrected chi connectivity index (χ4v) is 2.20. The fraction of sp³-hybridized carbons (Fsp3) is 0.167. The molecule has 0 aliphatic carbocycles. The van der Waals surface area contributed by atoms with Crippen LogP contribution < -0.4 is 5.32 Å². The van der Waals surface area contributed by atoms with E-state index >= 15 is 0 Å². The molecule has 0 aliphatic rings. The molecular weight excluding hydrogens is 266 g/mol. The maximum atomic E-state index is 12.0. The quantitative estimate of drug-likeness (QED) is 0.892. The van der Waals surface area contributed by atoms with E-state index in [9.17, 15) is 9.59 Å². The average Bonchev–Trinajstić information content (AvgIpc) is 2.86. The van der Waals surface area contributed by atoms with Crippen LogP contribution in [-0.4, -0.2) is 27.0 Å². The third-order valence-corrected chi connectivity index (χ3v) is 3.48. The smallest absolute Gasteiger partial charge is 0.336 e. The van der Waals surface area contributed by atoms with Gasteiger partial charge in [0.25, 0.3) is 5.91 Å². The lowest BCUT2D eigenvalue weighted by Crippen LogP contribution is -2.16. The van der Waals surface area contributed by atoms with E-state index in [1.165, 1.54) is 29.8 Å². The van der Waals surface area contributed by atoms with E-state index in [4.69, 9.17) is 5.11 Å². The minimum Gasteiger partial charge on any atom is -0.478 e. The number of anilines is 1. The molecule has 2 aromatic rings. The number of hydrogen-bond acceptors (Lipinski definition) is 5. The highest BCUT2D eigenvalue weighted by atomic mass is 32.1. The van der Waals surface area contributed by atoms with Crippen LogP contribution in [0, 0.1) is 0 Å². The molecule has 19 heavy (non-hydrogen) atoms. The molecule has 0 radical (unpaired) electrons. The van der Waals surface area contributed by atoms with Crippen LogP contribution in [0.3, 0.4) is 0 Å². The first-order valence-electron chi connectivity index (χ1n) is 5.55. The molecule has 0 spiro atoms.